The van der Waals surface area contributed by atoms with Crippen molar-refractivity contribution in [2.24, 2.45) is 0 Å². The summed E-state index contributed by atoms with van der Waals surface area (Å²) in [7, 11) is 0. The average Bonchev–Trinajstić information content (AvgIpc) is 2.48. The van der Waals surface area contributed by atoms with E-state index < -0.39 is 6.67 Å². The summed E-state index contributed by atoms with van der Waals surface area (Å²) in [5.41, 5.74) is 2.04. The second kappa shape index (κ2) is 9.41. The van der Waals surface area contributed by atoms with Crippen molar-refractivity contribution in [1.82, 2.24) is 15.6 Å². The van der Waals surface area contributed by atoms with Crippen LogP contribution in [0.3, 0.4) is 0 Å². The number of aromatic nitrogens is 1. The van der Waals surface area contributed by atoms with Crippen LogP contribution in [0.1, 0.15) is 11.3 Å². The summed E-state index contributed by atoms with van der Waals surface area (Å²) in [6, 6.07) is 3.67. The summed E-state index contributed by atoms with van der Waals surface area (Å²) < 4.78 is 12.0. The molecule has 1 aromatic heterocycles. The molecule has 0 aromatic carbocycles. The van der Waals surface area contributed by atoms with Crippen LogP contribution in [0, 0.1) is 6.92 Å². The first-order valence-electron chi connectivity index (χ1n) is 6.48. The molecule has 1 rings (SSSR count). The Bertz CT molecular complexity index is 541. The minimum absolute atomic E-state index is 0.106. The van der Waals surface area contributed by atoms with E-state index >= 15 is 0 Å². The van der Waals surface area contributed by atoms with Gasteiger partial charge in [0.1, 0.15) is 13.0 Å². The van der Waals surface area contributed by atoms with E-state index in [4.69, 9.17) is 0 Å². The molecular formula is C15H18FN3O2. The number of rotatable bonds is 8. The van der Waals surface area contributed by atoms with Gasteiger partial charge in [0.25, 0.3) is 5.91 Å². The molecule has 0 atom stereocenters. The van der Waals surface area contributed by atoms with E-state index in [0.29, 0.717) is 12.8 Å². The zero-order valence-electron chi connectivity index (χ0n) is 11.8. The third-order valence-corrected chi connectivity index (χ3v) is 2.53. The topological polar surface area (TPSA) is 71.1 Å². The molecule has 0 saturated carbocycles. The van der Waals surface area contributed by atoms with Crippen molar-refractivity contribution < 1.29 is 14.0 Å². The molecule has 0 aliphatic carbocycles. The quantitative estimate of drug-likeness (QED) is 0.327. The van der Waals surface area contributed by atoms with Crippen molar-refractivity contribution in [1.29, 1.82) is 0 Å². The van der Waals surface area contributed by atoms with Gasteiger partial charge in [-0.3, -0.25) is 14.6 Å². The number of alkyl halides is 1. The predicted octanol–water partition coefficient (Wildman–Crippen LogP) is 1.20. The number of allylic oxidation sites excluding steroid dienone is 1. The molecule has 21 heavy (non-hydrogen) atoms. The zero-order valence-corrected chi connectivity index (χ0v) is 11.8. The van der Waals surface area contributed by atoms with E-state index in [2.05, 4.69) is 15.6 Å². The van der Waals surface area contributed by atoms with Crippen molar-refractivity contribution in [2.75, 3.05) is 13.2 Å². The first-order chi connectivity index (χ1) is 10.2. The van der Waals surface area contributed by atoms with E-state index in [9.17, 15) is 14.0 Å². The molecular weight excluding hydrogens is 273 g/mol. The van der Waals surface area contributed by atoms with Gasteiger partial charge in [0, 0.05) is 31.2 Å². The maximum absolute atomic E-state index is 12.0. The molecule has 0 radical (unpaired) electrons. The summed E-state index contributed by atoms with van der Waals surface area (Å²) in [6.45, 7) is 1.77. The fourth-order valence-corrected chi connectivity index (χ4v) is 1.57. The van der Waals surface area contributed by atoms with Crippen LogP contribution >= 0.6 is 0 Å². The SMILES string of the molecule is Cc1cc(CNC(=O)C(C=CC=O)=CNCCF)ccn1. The lowest BCUT2D eigenvalue weighted by Crippen LogP contribution is -2.25. The lowest BCUT2D eigenvalue weighted by molar-refractivity contribution is -0.117. The summed E-state index contributed by atoms with van der Waals surface area (Å²) in [5, 5.41) is 5.38. The van der Waals surface area contributed by atoms with Crippen LogP contribution in [-0.2, 0) is 16.1 Å². The summed E-state index contributed by atoms with van der Waals surface area (Å²) in [6.07, 6.45) is 6.20. The number of aryl methyl sites for hydroxylation is 1. The number of nitrogens with zero attached hydrogens (tertiary/aromatic N) is 1. The Morgan fingerprint density at radius 1 is 1.48 bits per heavy atom. The highest BCUT2D eigenvalue weighted by molar-refractivity contribution is 5.96. The largest absolute Gasteiger partial charge is 0.388 e. The van der Waals surface area contributed by atoms with Crippen LogP contribution in [0.15, 0.2) is 42.3 Å². The smallest absolute Gasteiger partial charge is 0.253 e. The van der Waals surface area contributed by atoms with Crippen molar-refractivity contribution in [3.05, 3.63) is 53.5 Å². The maximum Gasteiger partial charge on any atom is 0.253 e. The van der Waals surface area contributed by atoms with Gasteiger partial charge >= 0.3 is 0 Å². The highest BCUT2D eigenvalue weighted by Gasteiger charge is 2.06. The fraction of sp³-hybridized carbons (Fsp3) is 0.267. The lowest BCUT2D eigenvalue weighted by atomic mass is 10.2. The van der Waals surface area contributed by atoms with Crippen molar-refractivity contribution in [3.8, 4) is 0 Å². The molecule has 2 N–H and O–H groups in total. The molecule has 0 unspecified atom stereocenters. The van der Waals surface area contributed by atoms with Crippen molar-refractivity contribution in [3.63, 3.8) is 0 Å². The second-order valence-corrected chi connectivity index (χ2v) is 4.23. The minimum atomic E-state index is -0.543. The molecule has 0 saturated heterocycles. The highest BCUT2D eigenvalue weighted by atomic mass is 19.1. The van der Waals surface area contributed by atoms with Gasteiger partial charge in [0.2, 0.25) is 0 Å². The number of hydrogen-bond acceptors (Lipinski definition) is 4. The van der Waals surface area contributed by atoms with Gasteiger partial charge in [-0.15, -0.1) is 0 Å². The van der Waals surface area contributed by atoms with E-state index in [-0.39, 0.29) is 18.0 Å². The molecule has 0 spiro atoms. The van der Waals surface area contributed by atoms with Crippen LogP contribution in [0.2, 0.25) is 0 Å². The molecule has 0 bridgehead atoms. The van der Waals surface area contributed by atoms with Gasteiger partial charge in [-0.2, -0.15) is 0 Å². The predicted molar refractivity (Wildman–Crippen MR) is 78.1 cm³/mol. The normalized spacial score (nSPS) is 11.4. The Morgan fingerprint density at radius 2 is 2.29 bits per heavy atom. The van der Waals surface area contributed by atoms with Crippen LogP contribution in [0.4, 0.5) is 4.39 Å². The monoisotopic (exact) mass is 291 g/mol. The summed E-state index contributed by atoms with van der Waals surface area (Å²) >= 11 is 0. The molecule has 1 amide bonds. The van der Waals surface area contributed by atoms with Crippen LogP contribution in [0.5, 0.6) is 0 Å². The number of halogens is 1. The summed E-state index contributed by atoms with van der Waals surface area (Å²) in [4.78, 5) is 26.4. The second-order valence-electron chi connectivity index (χ2n) is 4.23. The Morgan fingerprint density at radius 3 is 2.95 bits per heavy atom. The minimum Gasteiger partial charge on any atom is -0.388 e. The van der Waals surface area contributed by atoms with Gasteiger partial charge in [-0.25, -0.2) is 4.39 Å². The first kappa shape index (κ1) is 16.6. The molecule has 1 aromatic rings. The molecule has 0 fully saturated rings. The lowest BCUT2D eigenvalue weighted by Gasteiger charge is -2.07. The van der Waals surface area contributed by atoms with Crippen LogP contribution in [-0.4, -0.2) is 30.4 Å². The first-order valence-corrected chi connectivity index (χ1v) is 6.48. The van der Waals surface area contributed by atoms with Crippen molar-refractivity contribution >= 4 is 12.2 Å². The number of aldehydes is 1. The number of amides is 1. The molecule has 0 aliphatic heterocycles. The molecule has 1 heterocycles. The number of carbonyl (C=O) groups excluding carboxylic acids is 2. The molecule has 0 aliphatic rings. The molecule has 5 nitrogen and oxygen atoms in total. The molecule has 112 valence electrons. The maximum atomic E-state index is 12.0. The number of hydrogen-bond donors (Lipinski definition) is 2. The number of carbonyl (C=O) groups is 2. The van der Waals surface area contributed by atoms with E-state index in [1.165, 1.54) is 18.4 Å². The fourth-order valence-electron chi connectivity index (χ4n) is 1.57. The molecule has 6 heteroatoms. The Balaban J connectivity index is 2.65. The number of nitrogens with one attached hydrogen (secondary N) is 2. The standard InChI is InChI=1S/C15H18FN3O2/c1-12-9-13(4-6-18-12)10-19-15(21)14(3-2-8-20)11-17-7-5-16/h2-4,6,8-9,11,17H,5,7,10H2,1H3,(H,19,21). The highest BCUT2D eigenvalue weighted by Crippen LogP contribution is 2.02. The van der Waals surface area contributed by atoms with Crippen LogP contribution < -0.4 is 10.6 Å². The third-order valence-electron chi connectivity index (χ3n) is 2.53. The third kappa shape index (κ3) is 6.47. The van der Waals surface area contributed by atoms with Gasteiger partial charge in [0.05, 0.1) is 5.57 Å². The van der Waals surface area contributed by atoms with Gasteiger partial charge in [-0.05, 0) is 36.8 Å². The Kier molecular flexibility index (Phi) is 7.42. The van der Waals surface area contributed by atoms with Crippen LogP contribution in [0.25, 0.3) is 0 Å². The van der Waals surface area contributed by atoms with Crippen molar-refractivity contribution in [2.45, 2.75) is 13.5 Å². The summed E-state index contributed by atoms with van der Waals surface area (Å²) in [5.74, 6) is -0.353. The Labute approximate surface area is 123 Å². The van der Waals surface area contributed by atoms with Gasteiger partial charge < -0.3 is 10.6 Å². The van der Waals surface area contributed by atoms with E-state index in [1.807, 2.05) is 13.0 Å². The van der Waals surface area contributed by atoms with E-state index in [1.54, 1.807) is 12.3 Å². The van der Waals surface area contributed by atoms with Gasteiger partial charge in [0.15, 0.2) is 0 Å². The average molecular weight is 291 g/mol. The van der Waals surface area contributed by atoms with E-state index in [0.717, 1.165) is 11.3 Å². The zero-order chi connectivity index (χ0) is 15.5. The van der Waals surface area contributed by atoms with Gasteiger partial charge in [-0.1, -0.05) is 0 Å². The Hall–Kier alpha value is -2.50. The number of pyridine rings is 1.